The molecule has 0 amide bonds. The Morgan fingerprint density at radius 3 is 2.52 bits per heavy atom. The molecule has 1 N–H and O–H groups in total. The average molecular weight is 422 g/mol. The van der Waals surface area contributed by atoms with Crippen LogP contribution in [0, 0.1) is 11.6 Å². The number of ether oxygens (including phenoxy) is 1. The smallest absolute Gasteiger partial charge is 0.314 e. The molecule has 3 aromatic carbocycles. The molecule has 0 aliphatic carbocycles. The first-order valence-electron chi connectivity index (χ1n) is 10.5. The summed E-state index contributed by atoms with van der Waals surface area (Å²) < 4.78 is 33.6. The van der Waals surface area contributed by atoms with Crippen molar-refractivity contribution in [2.75, 3.05) is 6.61 Å². The van der Waals surface area contributed by atoms with Crippen LogP contribution in [0.15, 0.2) is 72.8 Å². The van der Waals surface area contributed by atoms with Crippen LogP contribution in [0.1, 0.15) is 42.7 Å². The minimum Gasteiger partial charge on any atom is -0.454 e. The summed E-state index contributed by atoms with van der Waals surface area (Å²) >= 11 is 0. The first-order valence-corrected chi connectivity index (χ1v) is 10.5. The monoisotopic (exact) mass is 422 g/mol. The number of carbonyl (C=O) groups excluding carboxylic acids is 1. The van der Waals surface area contributed by atoms with E-state index in [4.69, 9.17) is 4.74 Å². The number of hydrogen-bond donors (Lipinski definition) is 1. The Morgan fingerprint density at radius 1 is 1.00 bits per heavy atom. The fraction of sp³-hybridized carbons (Fsp3) is 0.269. The summed E-state index contributed by atoms with van der Waals surface area (Å²) in [5, 5.41) is 9.34. The van der Waals surface area contributed by atoms with Crippen molar-refractivity contribution in [2.45, 2.75) is 37.2 Å². The van der Waals surface area contributed by atoms with E-state index in [1.54, 1.807) is 18.2 Å². The summed E-state index contributed by atoms with van der Waals surface area (Å²) in [5.41, 5.74) is 1.79. The van der Waals surface area contributed by atoms with E-state index >= 15 is 0 Å². The number of benzene rings is 3. The fourth-order valence-electron chi connectivity index (χ4n) is 4.39. The molecule has 2 atom stereocenters. The lowest BCUT2D eigenvalue weighted by Crippen LogP contribution is -2.39. The highest BCUT2D eigenvalue weighted by Crippen LogP contribution is 2.44. The van der Waals surface area contributed by atoms with Crippen LogP contribution in [0.2, 0.25) is 0 Å². The highest BCUT2D eigenvalue weighted by atomic mass is 19.1. The van der Waals surface area contributed by atoms with Crippen molar-refractivity contribution < 1.29 is 23.4 Å². The minimum atomic E-state index is -0.752. The van der Waals surface area contributed by atoms with Crippen LogP contribution in [-0.2, 0) is 15.1 Å². The van der Waals surface area contributed by atoms with E-state index < -0.39 is 23.2 Å². The molecule has 1 aliphatic heterocycles. The number of aliphatic hydroxyl groups is 1. The fourth-order valence-corrected chi connectivity index (χ4v) is 4.39. The molecule has 1 aliphatic rings. The second kappa shape index (κ2) is 8.98. The molecular formula is C26H24F2O3. The zero-order chi connectivity index (χ0) is 21.8. The van der Waals surface area contributed by atoms with Gasteiger partial charge >= 0.3 is 5.97 Å². The van der Waals surface area contributed by atoms with Crippen LogP contribution in [0.4, 0.5) is 8.78 Å². The van der Waals surface area contributed by atoms with Crippen LogP contribution in [0.25, 0.3) is 11.1 Å². The number of rotatable bonds is 6. The summed E-state index contributed by atoms with van der Waals surface area (Å²) in [6.45, 7) is 0.0286. The van der Waals surface area contributed by atoms with Gasteiger partial charge in [-0.2, -0.15) is 0 Å². The molecule has 1 heterocycles. The van der Waals surface area contributed by atoms with Crippen molar-refractivity contribution in [3.63, 3.8) is 0 Å². The molecule has 5 heteroatoms. The standard InChI is InChI=1S/C26H24F2O3/c27-21-10-11-22(24(28)17-21)18-6-4-7-19(16-18)23-12-14-26(13-5-15-29,31-25(23)30)20-8-2-1-3-9-20/h1-4,6-11,16-17,23,29H,5,12-15H2. The van der Waals surface area contributed by atoms with Crippen molar-refractivity contribution in [3.05, 3.63) is 95.6 Å². The van der Waals surface area contributed by atoms with E-state index in [2.05, 4.69) is 0 Å². The first-order chi connectivity index (χ1) is 15.0. The summed E-state index contributed by atoms with van der Waals surface area (Å²) in [5.74, 6) is -2.07. The molecular weight excluding hydrogens is 398 g/mol. The zero-order valence-corrected chi connectivity index (χ0v) is 17.1. The van der Waals surface area contributed by atoms with Gasteiger partial charge in [-0.25, -0.2) is 8.78 Å². The molecule has 3 aromatic rings. The highest BCUT2D eigenvalue weighted by Gasteiger charge is 2.43. The van der Waals surface area contributed by atoms with Gasteiger partial charge in [0.05, 0.1) is 5.92 Å². The van der Waals surface area contributed by atoms with E-state index in [-0.39, 0.29) is 18.1 Å². The van der Waals surface area contributed by atoms with Gasteiger partial charge in [-0.3, -0.25) is 4.79 Å². The van der Waals surface area contributed by atoms with E-state index in [1.807, 2.05) is 36.4 Å². The van der Waals surface area contributed by atoms with Gasteiger partial charge in [0, 0.05) is 18.2 Å². The molecule has 2 unspecified atom stereocenters. The Kier molecular flexibility index (Phi) is 6.14. The third-order valence-electron chi connectivity index (χ3n) is 5.99. The number of aliphatic hydroxyl groups excluding tert-OH is 1. The summed E-state index contributed by atoms with van der Waals surface area (Å²) in [4.78, 5) is 13.1. The number of carbonyl (C=O) groups is 1. The molecule has 0 spiro atoms. The van der Waals surface area contributed by atoms with Gasteiger partial charge in [0.25, 0.3) is 0 Å². The van der Waals surface area contributed by atoms with E-state index in [0.717, 1.165) is 17.2 Å². The summed E-state index contributed by atoms with van der Waals surface area (Å²) in [7, 11) is 0. The van der Waals surface area contributed by atoms with E-state index in [1.165, 1.54) is 12.1 Å². The first kappa shape index (κ1) is 21.2. The van der Waals surface area contributed by atoms with E-state index in [9.17, 15) is 18.7 Å². The van der Waals surface area contributed by atoms with Gasteiger partial charge < -0.3 is 9.84 Å². The van der Waals surface area contributed by atoms with Gasteiger partial charge in [-0.1, -0.05) is 54.6 Å². The highest BCUT2D eigenvalue weighted by molar-refractivity contribution is 5.80. The predicted octanol–water partition coefficient (Wildman–Crippen LogP) is 5.72. The lowest BCUT2D eigenvalue weighted by molar-refractivity contribution is -0.173. The molecule has 1 saturated heterocycles. The molecule has 0 radical (unpaired) electrons. The summed E-state index contributed by atoms with van der Waals surface area (Å²) in [6.07, 6.45) is 2.29. The van der Waals surface area contributed by atoms with Crippen molar-refractivity contribution in [1.82, 2.24) is 0 Å². The summed E-state index contributed by atoms with van der Waals surface area (Å²) in [6, 6.07) is 20.2. The molecule has 0 aromatic heterocycles. The number of esters is 1. The molecule has 0 bridgehead atoms. The number of cyclic esters (lactones) is 1. The Bertz CT molecular complexity index is 1070. The van der Waals surface area contributed by atoms with Crippen LogP contribution in [-0.4, -0.2) is 17.7 Å². The van der Waals surface area contributed by atoms with Gasteiger partial charge in [-0.05, 0) is 54.5 Å². The normalized spacial score (nSPS) is 21.0. The van der Waals surface area contributed by atoms with Crippen LogP contribution < -0.4 is 0 Å². The predicted molar refractivity (Wildman–Crippen MR) is 114 cm³/mol. The molecule has 31 heavy (non-hydrogen) atoms. The van der Waals surface area contributed by atoms with Gasteiger partial charge in [0.1, 0.15) is 17.2 Å². The van der Waals surface area contributed by atoms with Gasteiger partial charge in [0.2, 0.25) is 0 Å². The topological polar surface area (TPSA) is 46.5 Å². The van der Waals surface area contributed by atoms with Crippen molar-refractivity contribution >= 4 is 5.97 Å². The van der Waals surface area contributed by atoms with Gasteiger partial charge in [-0.15, -0.1) is 0 Å². The maximum absolute atomic E-state index is 14.2. The average Bonchev–Trinajstić information content (AvgIpc) is 2.78. The minimum absolute atomic E-state index is 0.0286. The van der Waals surface area contributed by atoms with E-state index in [0.29, 0.717) is 31.2 Å². The Labute approximate surface area is 180 Å². The van der Waals surface area contributed by atoms with Crippen LogP contribution in [0.3, 0.4) is 0 Å². The lowest BCUT2D eigenvalue weighted by atomic mass is 9.78. The molecule has 3 nitrogen and oxygen atoms in total. The largest absolute Gasteiger partial charge is 0.454 e. The quantitative estimate of drug-likeness (QED) is 0.517. The van der Waals surface area contributed by atoms with Crippen molar-refractivity contribution in [1.29, 1.82) is 0 Å². The third-order valence-corrected chi connectivity index (χ3v) is 5.99. The third kappa shape index (κ3) is 4.37. The van der Waals surface area contributed by atoms with Crippen molar-refractivity contribution in [2.24, 2.45) is 0 Å². The molecule has 1 fully saturated rings. The second-order valence-electron chi connectivity index (χ2n) is 7.95. The molecule has 0 saturated carbocycles. The Hall–Kier alpha value is -3.05. The van der Waals surface area contributed by atoms with Crippen LogP contribution >= 0.6 is 0 Å². The number of hydrogen-bond acceptors (Lipinski definition) is 3. The number of halogens is 2. The Morgan fingerprint density at radius 2 is 1.81 bits per heavy atom. The lowest BCUT2D eigenvalue weighted by Gasteiger charge is -2.40. The molecule has 4 rings (SSSR count). The van der Waals surface area contributed by atoms with Crippen molar-refractivity contribution in [3.8, 4) is 11.1 Å². The maximum Gasteiger partial charge on any atom is 0.314 e. The maximum atomic E-state index is 14.2. The zero-order valence-electron chi connectivity index (χ0n) is 17.1. The van der Waals surface area contributed by atoms with Crippen LogP contribution in [0.5, 0.6) is 0 Å². The Balaban J connectivity index is 1.61. The SMILES string of the molecule is O=C1OC(CCCO)(c2ccccc2)CCC1c1cccc(-c2ccc(F)cc2F)c1. The molecule has 160 valence electrons. The van der Waals surface area contributed by atoms with Gasteiger partial charge in [0.15, 0.2) is 0 Å². The second-order valence-corrected chi connectivity index (χ2v) is 7.95.